The molecule has 0 bridgehead atoms. The minimum Gasteiger partial charge on any atom is -0.371 e. The average molecular weight is 233 g/mol. The maximum absolute atomic E-state index is 10.2. The molecule has 4 atom stereocenters. The van der Waals surface area contributed by atoms with Gasteiger partial charge in [-0.05, 0) is 0 Å². The number of nitrogens with zero attached hydrogens (tertiary/aromatic N) is 1. The summed E-state index contributed by atoms with van der Waals surface area (Å²) in [7, 11) is 0. The van der Waals surface area contributed by atoms with Gasteiger partial charge < -0.3 is 25.4 Å². The van der Waals surface area contributed by atoms with E-state index in [0.717, 1.165) is 0 Å². The molecular formula is C8H15N3O5. The molecule has 0 amide bonds. The molecular weight excluding hydrogens is 218 g/mol. The van der Waals surface area contributed by atoms with Crippen molar-refractivity contribution in [1.82, 2.24) is 5.32 Å². The van der Waals surface area contributed by atoms with E-state index in [0.29, 0.717) is 19.7 Å². The third-order valence-electron chi connectivity index (χ3n) is 2.78. The first-order valence-corrected chi connectivity index (χ1v) is 5.20. The minimum absolute atomic E-state index is 0.0360. The molecule has 0 unspecified atom stereocenters. The van der Waals surface area contributed by atoms with Gasteiger partial charge in [-0.15, -0.1) is 10.1 Å². The Morgan fingerprint density at radius 2 is 2.19 bits per heavy atom. The average Bonchev–Trinajstić information content (AvgIpc) is 2.78. The van der Waals surface area contributed by atoms with Crippen molar-refractivity contribution in [2.75, 3.05) is 26.3 Å². The molecule has 92 valence electrons. The molecule has 0 aliphatic carbocycles. The summed E-state index contributed by atoms with van der Waals surface area (Å²) >= 11 is 0. The zero-order valence-corrected chi connectivity index (χ0v) is 8.70. The van der Waals surface area contributed by atoms with Crippen LogP contribution in [-0.4, -0.2) is 55.7 Å². The first-order valence-electron chi connectivity index (χ1n) is 5.20. The molecule has 2 aliphatic heterocycles. The van der Waals surface area contributed by atoms with E-state index in [4.69, 9.17) is 15.2 Å². The summed E-state index contributed by atoms with van der Waals surface area (Å²) in [5.41, 5.74) is 5.38. The first-order chi connectivity index (χ1) is 7.72. The molecule has 3 N–H and O–H groups in total. The van der Waals surface area contributed by atoms with Gasteiger partial charge in [0.2, 0.25) is 0 Å². The second-order valence-corrected chi connectivity index (χ2v) is 3.81. The molecule has 0 saturated carbocycles. The molecule has 2 heterocycles. The zero-order chi connectivity index (χ0) is 11.5. The van der Waals surface area contributed by atoms with Gasteiger partial charge in [0.15, 0.2) is 6.10 Å². The minimum atomic E-state index is -0.805. The standard InChI is InChI=1S/C8H15N3O5/c9-1-2-10-5-3-14-8-6(16-11(12)13)4-15-7(5)8/h5-8,10H,1-4,9H2/t5-,6+,7-,8-/m1/s1. The van der Waals surface area contributed by atoms with Crippen LogP contribution < -0.4 is 11.1 Å². The van der Waals surface area contributed by atoms with Gasteiger partial charge in [-0.2, -0.15) is 0 Å². The first kappa shape index (κ1) is 11.5. The van der Waals surface area contributed by atoms with Crippen molar-refractivity contribution >= 4 is 0 Å². The van der Waals surface area contributed by atoms with Crippen LogP contribution in [0.4, 0.5) is 0 Å². The lowest BCUT2D eigenvalue weighted by atomic mass is 10.1. The summed E-state index contributed by atoms with van der Waals surface area (Å²) in [6.07, 6.45) is -1.16. The largest absolute Gasteiger partial charge is 0.371 e. The van der Waals surface area contributed by atoms with Gasteiger partial charge in [-0.1, -0.05) is 0 Å². The number of ether oxygens (including phenoxy) is 2. The maximum atomic E-state index is 10.2. The van der Waals surface area contributed by atoms with Crippen molar-refractivity contribution in [3.8, 4) is 0 Å². The predicted molar refractivity (Wildman–Crippen MR) is 52.2 cm³/mol. The topological polar surface area (TPSA) is 109 Å². The van der Waals surface area contributed by atoms with Gasteiger partial charge in [-0.3, -0.25) is 0 Å². The number of nitrogens with one attached hydrogen (secondary N) is 1. The highest BCUT2D eigenvalue weighted by molar-refractivity contribution is 4.97. The van der Waals surface area contributed by atoms with Gasteiger partial charge >= 0.3 is 0 Å². The quantitative estimate of drug-likeness (QED) is 0.429. The Balaban J connectivity index is 1.87. The van der Waals surface area contributed by atoms with Crippen molar-refractivity contribution in [2.24, 2.45) is 5.73 Å². The highest BCUT2D eigenvalue weighted by Gasteiger charge is 2.49. The Hall–Kier alpha value is -0.960. The van der Waals surface area contributed by atoms with E-state index in [9.17, 15) is 10.1 Å². The molecule has 8 heteroatoms. The van der Waals surface area contributed by atoms with Crippen molar-refractivity contribution in [2.45, 2.75) is 24.4 Å². The van der Waals surface area contributed by atoms with Crippen LogP contribution in [0.1, 0.15) is 0 Å². The maximum Gasteiger partial charge on any atom is 0.294 e. The number of rotatable bonds is 5. The van der Waals surface area contributed by atoms with E-state index in [2.05, 4.69) is 10.2 Å². The van der Waals surface area contributed by atoms with Crippen LogP contribution in [0.5, 0.6) is 0 Å². The van der Waals surface area contributed by atoms with Crippen molar-refractivity contribution in [3.63, 3.8) is 0 Å². The fourth-order valence-corrected chi connectivity index (χ4v) is 2.11. The fraction of sp³-hybridized carbons (Fsp3) is 1.00. The van der Waals surface area contributed by atoms with Crippen molar-refractivity contribution < 1.29 is 19.4 Å². The molecule has 2 rings (SSSR count). The summed E-state index contributed by atoms with van der Waals surface area (Å²) in [6, 6.07) is 0.0360. The molecule has 0 aromatic heterocycles. The highest BCUT2D eigenvalue weighted by Crippen LogP contribution is 2.28. The zero-order valence-electron chi connectivity index (χ0n) is 8.70. The van der Waals surface area contributed by atoms with E-state index >= 15 is 0 Å². The Kier molecular flexibility index (Phi) is 3.54. The predicted octanol–water partition coefficient (Wildman–Crippen LogP) is -1.72. The third kappa shape index (κ3) is 2.24. The summed E-state index contributed by atoms with van der Waals surface area (Å²) in [4.78, 5) is 14.7. The Morgan fingerprint density at radius 3 is 2.88 bits per heavy atom. The fourth-order valence-electron chi connectivity index (χ4n) is 2.11. The van der Waals surface area contributed by atoms with E-state index < -0.39 is 11.2 Å². The third-order valence-corrected chi connectivity index (χ3v) is 2.78. The van der Waals surface area contributed by atoms with Crippen LogP contribution in [0.2, 0.25) is 0 Å². The summed E-state index contributed by atoms with van der Waals surface area (Å²) in [5, 5.41) is 12.6. The summed E-state index contributed by atoms with van der Waals surface area (Å²) in [5.74, 6) is 0. The molecule has 2 saturated heterocycles. The van der Waals surface area contributed by atoms with Crippen LogP contribution >= 0.6 is 0 Å². The molecule has 2 aliphatic rings. The number of hydrogen-bond acceptors (Lipinski definition) is 7. The van der Waals surface area contributed by atoms with Gasteiger partial charge in [-0.25, -0.2) is 0 Å². The molecule has 2 fully saturated rings. The normalized spacial score (nSPS) is 37.3. The molecule has 8 nitrogen and oxygen atoms in total. The van der Waals surface area contributed by atoms with Crippen LogP contribution in [0.3, 0.4) is 0 Å². The summed E-state index contributed by atoms with van der Waals surface area (Å²) < 4.78 is 10.9. The molecule has 0 radical (unpaired) electrons. The molecule has 0 aromatic carbocycles. The van der Waals surface area contributed by atoms with Gasteiger partial charge in [0.05, 0.1) is 19.3 Å². The monoisotopic (exact) mass is 233 g/mol. The lowest BCUT2D eigenvalue weighted by molar-refractivity contribution is -0.769. The lowest BCUT2D eigenvalue weighted by Gasteiger charge is -2.16. The Labute approximate surface area is 92.1 Å². The molecule has 0 aromatic rings. The van der Waals surface area contributed by atoms with Crippen LogP contribution in [0.15, 0.2) is 0 Å². The summed E-state index contributed by atoms with van der Waals surface area (Å²) in [6.45, 7) is 1.86. The van der Waals surface area contributed by atoms with Gasteiger partial charge in [0.1, 0.15) is 12.2 Å². The van der Waals surface area contributed by atoms with E-state index in [1.807, 2.05) is 0 Å². The Bertz CT molecular complexity index is 264. The number of fused-ring (bicyclic) bond motifs is 1. The number of hydrogen-bond donors (Lipinski definition) is 2. The SMILES string of the molecule is NCCN[C@@H]1CO[C@H]2[C@@H]1OC[C@@H]2O[N+](=O)[O-]. The smallest absolute Gasteiger partial charge is 0.294 e. The molecule has 0 spiro atoms. The van der Waals surface area contributed by atoms with Gasteiger partial charge in [0, 0.05) is 13.1 Å². The molecule has 16 heavy (non-hydrogen) atoms. The van der Waals surface area contributed by atoms with E-state index in [1.54, 1.807) is 0 Å². The number of nitrogens with two attached hydrogens (primary N) is 1. The van der Waals surface area contributed by atoms with Crippen LogP contribution in [0, 0.1) is 10.1 Å². The van der Waals surface area contributed by atoms with Crippen molar-refractivity contribution in [1.29, 1.82) is 0 Å². The second-order valence-electron chi connectivity index (χ2n) is 3.81. The van der Waals surface area contributed by atoms with Crippen molar-refractivity contribution in [3.05, 3.63) is 10.1 Å². The van der Waals surface area contributed by atoms with Crippen LogP contribution in [0.25, 0.3) is 0 Å². The lowest BCUT2D eigenvalue weighted by Crippen LogP contribution is -2.43. The van der Waals surface area contributed by atoms with E-state index in [1.165, 1.54) is 0 Å². The second kappa shape index (κ2) is 4.91. The Morgan fingerprint density at radius 1 is 1.44 bits per heavy atom. The highest BCUT2D eigenvalue weighted by atomic mass is 17.0. The van der Waals surface area contributed by atoms with Gasteiger partial charge in [0.25, 0.3) is 5.09 Å². The van der Waals surface area contributed by atoms with Crippen LogP contribution in [-0.2, 0) is 14.3 Å². The van der Waals surface area contributed by atoms with E-state index in [-0.39, 0.29) is 24.9 Å².